The zero-order valence-electron chi connectivity index (χ0n) is 14.6. The van der Waals surface area contributed by atoms with E-state index in [-0.39, 0.29) is 11.9 Å². The smallest absolute Gasteiger partial charge is 0.251 e. The van der Waals surface area contributed by atoms with E-state index in [1.807, 2.05) is 55.5 Å². The minimum Gasteiger partial charge on any atom is -0.350 e. The van der Waals surface area contributed by atoms with Crippen LogP contribution in [-0.4, -0.2) is 30.4 Å². The van der Waals surface area contributed by atoms with Gasteiger partial charge in [0.05, 0.1) is 6.04 Å². The summed E-state index contributed by atoms with van der Waals surface area (Å²) < 4.78 is 0. The van der Waals surface area contributed by atoms with Crippen LogP contribution < -0.4 is 5.32 Å². The second kappa shape index (κ2) is 8.86. The Kier molecular flexibility index (Phi) is 6.83. The van der Waals surface area contributed by atoms with E-state index in [1.54, 1.807) is 0 Å². The third-order valence-corrected chi connectivity index (χ3v) is 4.71. The van der Waals surface area contributed by atoms with Crippen LogP contribution in [-0.2, 0) is 0 Å². The van der Waals surface area contributed by atoms with Crippen LogP contribution in [0.4, 0.5) is 0 Å². The molecule has 1 amide bonds. The van der Waals surface area contributed by atoms with Gasteiger partial charge in [-0.1, -0.05) is 61.8 Å². The van der Waals surface area contributed by atoms with Gasteiger partial charge in [0.1, 0.15) is 0 Å². The van der Waals surface area contributed by atoms with Gasteiger partial charge in [0.2, 0.25) is 0 Å². The van der Waals surface area contributed by atoms with Crippen LogP contribution in [0.2, 0.25) is 5.02 Å². The van der Waals surface area contributed by atoms with E-state index in [4.69, 9.17) is 11.6 Å². The predicted octanol–water partition coefficient (Wildman–Crippen LogP) is 4.46. The first-order chi connectivity index (χ1) is 11.6. The third kappa shape index (κ3) is 4.37. The Morgan fingerprint density at radius 1 is 1.08 bits per heavy atom. The van der Waals surface area contributed by atoms with Gasteiger partial charge in [-0.15, -0.1) is 0 Å². The highest BCUT2D eigenvalue weighted by Crippen LogP contribution is 2.27. The van der Waals surface area contributed by atoms with E-state index in [1.165, 1.54) is 0 Å². The number of likely N-dealkylation sites (N-methyl/N-ethyl adjacent to an activating group) is 1. The van der Waals surface area contributed by atoms with Crippen LogP contribution in [0, 0.1) is 6.92 Å². The van der Waals surface area contributed by atoms with Crippen molar-refractivity contribution in [3.63, 3.8) is 0 Å². The molecule has 1 atom stereocenters. The first kappa shape index (κ1) is 18.5. The fourth-order valence-electron chi connectivity index (χ4n) is 2.96. The number of benzene rings is 2. The van der Waals surface area contributed by atoms with Crippen LogP contribution in [0.3, 0.4) is 0 Å². The van der Waals surface area contributed by atoms with E-state index >= 15 is 0 Å². The summed E-state index contributed by atoms with van der Waals surface area (Å²) in [6.07, 6.45) is 0. The van der Waals surface area contributed by atoms with Crippen molar-refractivity contribution in [1.29, 1.82) is 0 Å². The second-order valence-corrected chi connectivity index (χ2v) is 6.19. The van der Waals surface area contributed by atoms with Crippen LogP contribution in [0.15, 0.2) is 48.5 Å². The summed E-state index contributed by atoms with van der Waals surface area (Å²) >= 11 is 6.40. The maximum Gasteiger partial charge on any atom is 0.251 e. The number of hydrogen-bond donors (Lipinski definition) is 1. The fourth-order valence-corrected chi connectivity index (χ4v) is 3.22. The van der Waals surface area contributed by atoms with Crippen LogP contribution >= 0.6 is 11.6 Å². The average Bonchev–Trinajstić information content (AvgIpc) is 2.59. The van der Waals surface area contributed by atoms with Crippen molar-refractivity contribution >= 4 is 17.5 Å². The quantitative estimate of drug-likeness (QED) is 0.804. The fraction of sp³-hybridized carbons (Fsp3) is 0.350. The third-order valence-electron chi connectivity index (χ3n) is 4.36. The van der Waals surface area contributed by atoms with Crippen molar-refractivity contribution in [1.82, 2.24) is 10.2 Å². The summed E-state index contributed by atoms with van der Waals surface area (Å²) in [6, 6.07) is 15.5. The number of carbonyl (C=O) groups excluding carboxylic acids is 1. The van der Waals surface area contributed by atoms with E-state index in [0.717, 1.165) is 34.8 Å². The number of rotatable bonds is 7. The van der Waals surface area contributed by atoms with Crippen molar-refractivity contribution in [3.05, 3.63) is 70.2 Å². The monoisotopic (exact) mass is 344 g/mol. The molecule has 0 aliphatic carbocycles. The lowest BCUT2D eigenvalue weighted by Crippen LogP contribution is -2.38. The SMILES string of the molecule is CCN(CC)[C@@H](CNC(=O)c1ccccc1C)c1ccccc1Cl. The van der Waals surface area contributed by atoms with Crippen molar-refractivity contribution in [3.8, 4) is 0 Å². The maximum absolute atomic E-state index is 12.5. The molecule has 0 fully saturated rings. The molecule has 2 aromatic carbocycles. The van der Waals surface area contributed by atoms with Crippen molar-refractivity contribution in [2.24, 2.45) is 0 Å². The normalized spacial score (nSPS) is 12.2. The van der Waals surface area contributed by atoms with Gasteiger partial charge in [0, 0.05) is 17.1 Å². The van der Waals surface area contributed by atoms with E-state index < -0.39 is 0 Å². The first-order valence-electron chi connectivity index (χ1n) is 8.40. The van der Waals surface area contributed by atoms with E-state index in [0.29, 0.717) is 6.54 Å². The van der Waals surface area contributed by atoms with Crippen LogP contribution in [0.25, 0.3) is 0 Å². The number of nitrogens with one attached hydrogen (secondary N) is 1. The topological polar surface area (TPSA) is 32.3 Å². The Hall–Kier alpha value is -1.84. The number of amides is 1. The molecule has 24 heavy (non-hydrogen) atoms. The van der Waals surface area contributed by atoms with Crippen LogP contribution in [0.5, 0.6) is 0 Å². The Bertz CT molecular complexity index is 683. The average molecular weight is 345 g/mol. The number of nitrogens with zero attached hydrogens (tertiary/aromatic N) is 1. The van der Waals surface area contributed by atoms with Gasteiger partial charge in [-0.25, -0.2) is 0 Å². The molecular weight excluding hydrogens is 320 g/mol. The number of aryl methyl sites for hydroxylation is 1. The number of hydrogen-bond acceptors (Lipinski definition) is 2. The molecule has 0 bridgehead atoms. The summed E-state index contributed by atoms with van der Waals surface area (Å²) in [5, 5.41) is 3.81. The lowest BCUT2D eigenvalue weighted by Gasteiger charge is -2.31. The Balaban J connectivity index is 2.19. The molecule has 0 saturated carbocycles. The van der Waals surface area contributed by atoms with Crippen molar-refractivity contribution in [2.75, 3.05) is 19.6 Å². The minimum atomic E-state index is -0.0442. The van der Waals surface area contributed by atoms with E-state index in [9.17, 15) is 4.79 Å². The highest BCUT2D eigenvalue weighted by molar-refractivity contribution is 6.31. The van der Waals surface area contributed by atoms with Gasteiger partial charge in [-0.05, 0) is 43.3 Å². The van der Waals surface area contributed by atoms with Gasteiger partial charge in [-0.3, -0.25) is 9.69 Å². The Labute approximate surface area is 149 Å². The second-order valence-electron chi connectivity index (χ2n) is 5.78. The molecule has 0 saturated heterocycles. The highest BCUT2D eigenvalue weighted by atomic mass is 35.5. The summed E-state index contributed by atoms with van der Waals surface area (Å²) in [5.41, 5.74) is 2.75. The lowest BCUT2D eigenvalue weighted by atomic mass is 10.0. The standard InChI is InChI=1S/C20H25ClN2O/c1-4-23(5-2)19(17-12-8-9-13-18(17)21)14-22-20(24)16-11-7-6-10-15(16)3/h6-13,19H,4-5,14H2,1-3H3,(H,22,24)/t19-/m0/s1. The van der Waals surface area contributed by atoms with Gasteiger partial charge in [0.25, 0.3) is 5.91 Å². The lowest BCUT2D eigenvalue weighted by molar-refractivity contribution is 0.0934. The molecule has 0 spiro atoms. The molecular formula is C20H25ClN2O. The predicted molar refractivity (Wildman–Crippen MR) is 101 cm³/mol. The first-order valence-corrected chi connectivity index (χ1v) is 8.78. The summed E-state index contributed by atoms with van der Waals surface area (Å²) in [7, 11) is 0. The van der Waals surface area contributed by atoms with Gasteiger partial charge < -0.3 is 5.32 Å². The molecule has 0 aliphatic rings. The largest absolute Gasteiger partial charge is 0.350 e. The molecule has 3 nitrogen and oxygen atoms in total. The molecule has 0 heterocycles. The molecule has 2 aromatic rings. The molecule has 0 aliphatic heterocycles. The molecule has 4 heteroatoms. The van der Waals surface area contributed by atoms with Gasteiger partial charge in [-0.2, -0.15) is 0 Å². The summed E-state index contributed by atoms with van der Waals surface area (Å²) in [6.45, 7) is 8.51. The number of halogens is 1. The number of carbonyl (C=O) groups is 1. The summed E-state index contributed by atoms with van der Waals surface area (Å²) in [4.78, 5) is 14.8. The van der Waals surface area contributed by atoms with Crippen LogP contribution in [0.1, 0.15) is 41.4 Å². The molecule has 0 radical (unpaired) electrons. The molecule has 0 unspecified atom stereocenters. The Morgan fingerprint density at radius 2 is 1.71 bits per heavy atom. The zero-order valence-corrected chi connectivity index (χ0v) is 15.3. The van der Waals surface area contributed by atoms with E-state index in [2.05, 4.69) is 24.1 Å². The zero-order chi connectivity index (χ0) is 17.5. The minimum absolute atomic E-state index is 0.0442. The summed E-state index contributed by atoms with van der Waals surface area (Å²) in [5.74, 6) is -0.0442. The van der Waals surface area contributed by atoms with Crippen molar-refractivity contribution in [2.45, 2.75) is 26.8 Å². The molecule has 1 N–H and O–H groups in total. The van der Waals surface area contributed by atoms with Gasteiger partial charge in [0.15, 0.2) is 0 Å². The highest BCUT2D eigenvalue weighted by Gasteiger charge is 2.21. The molecule has 2 rings (SSSR count). The van der Waals surface area contributed by atoms with Gasteiger partial charge >= 0.3 is 0 Å². The maximum atomic E-state index is 12.5. The van der Waals surface area contributed by atoms with Crippen molar-refractivity contribution < 1.29 is 4.79 Å². The molecule has 128 valence electrons. The molecule has 0 aromatic heterocycles. The Morgan fingerprint density at radius 3 is 2.33 bits per heavy atom.